The Bertz CT molecular complexity index is 1140. The van der Waals surface area contributed by atoms with E-state index in [0.717, 1.165) is 56.1 Å². The zero-order chi connectivity index (χ0) is 25.2. The molecule has 0 unspecified atom stereocenters. The predicted molar refractivity (Wildman–Crippen MR) is 137 cm³/mol. The molecule has 1 amide bonds. The lowest BCUT2D eigenvalue weighted by Crippen LogP contribution is -2.36. The minimum absolute atomic E-state index is 0.0385. The number of nitrogens with zero attached hydrogens (tertiary/aromatic N) is 2. The smallest absolute Gasteiger partial charge is 0.341 e. The van der Waals surface area contributed by atoms with Crippen molar-refractivity contribution in [3.8, 4) is 17.2 Å². The number of anilines is 1. The monoisotopic (exact) mass is 489 g/mol. The predicted octanol–water partition coefficient (Wildman–Crippen LogP) is 4.09. The molecule has 0 atom stereocenters. The van der Waals surface area contributed by atoms with Crippen LogP contribution in [0.15, 0.2) is 78.9 Å². The molecule has 1 aliphatic heterocycles. The number of hydrogen-bond acceptors (Lipinski definition) is 6. The molecule has 1 fully saturated rings. The minimum Gasteiger partial charge on any atom is -0.482 e. The van der Waals surface area contributed by atoms with Gasteiger partial charge in [0.15, 0.2) is 6.61 Å². The Morgan fingerprint density at radius 1 is 0.806 bits per heavy atom. The molecule has 2 N–H and O–H groups in total. The van der Waals surface area contributed by atoms with E-state index in [1.807, 2.05) is 72.8 Å². The summed E-state index contributed by atoms with van der Waals surface area (Å²) in [6.07, 6.45) is 0.966. The minimum atomic E-state index is -0.994. The number of hydrogen-bond donors (Lipinski definition) is 2. The van der Waals surface area contributed by atoms with Gasteiger partial charge in [-0.05, 0) is 73.6 Å². The van der Waals surface area contributed by atoms with E-state index >= 15 is 0 Å². The number of carboxylic acid groups (broad SMARTS) is 1. The molecule has 0 aromatic heterocycles. The van der Waals surface area contributed by atoms with Crippen LogP contribution in [0.2, 0.25) is 0 Å². The number of benzene rings is 3. The number of nitrogens with one attached hydrogen (secondary N) is 1. The van der Waals surface area contributed by atoms with Crippen molar-refractivity contribution in [3.05, 3.63) is 84.4 Å². The van der Waals surface area contributed by atoms with E-state index in [1.54, 1.807) is 6.07 Å². The van der Waals surface area contributed by atoms with Gasteiger partial charge in [-0.25, -0.2) is 4.79 Å². The second kappa shape index (κ2) is 12.7. The molecule has 1 heterocycles. The van der Waals surface area contributed by atoms with Crippen LogP contribution >= 0.6 is 0 Å². The third-order valence-corrected chi connectivity index (χ3v) is 5.83. The molecule has 3 aromatic carbocycles. The molecule has 0 aliphatic carbocycles. The average Bonchev–Trinajstić information content (AvgIpc) is 3.09. The van der Waals surface area contributed by atoms with Gasteiger partial charge in [0.2, 0.25) is 5.91 Å². The highest BCUT2D eigenvalue weighted by Gasteiger charge is 2.17. The van der Waals surface area contributed by atoms with E-state index in [-0.39, 0.29) is 12.5 Å². The highest BCUT2D eigenvalue weighted by Crippen LogP contribution is 2.22. The maximum absolute atomic E-state index is 12.6. The quantitative estimate of drug-likeness (QED) is 0.443. The number of carbonyl (C=O) groups is 2. The van der Waals surface area contributed by atoms with Gasteiger partial charge in [-0.2, -0.15) is 0 Å². The molecule has 36 heavy (non-hydrogen) atoms. The average molecular weight is 490 g/mol. The first-order chi connectivity index (χ1) is 17.5. The van der Waals surface area contributed by atoms with Crippen LogP contribution in [0.4, 0.5) is 5.69 Å². The van der Waals surface area contributed by atoms with Gasteiger partial charge in [-0.3, -0.25) is 14.6 Å². The topological polar surface area (TPSA) is 91.3 Å². The fourth-order valence-electron chi connectivity index (χ4n) is 4.11. The van der Waals surface area contributed by atoms with E-state index < -0.39 is 5.97 Å². The van der Waals surface area contributed by atoms with E-state index in [0.29, 0.717) is 18.0 Å². The van der Waals surface area contributed by atoms with Crippen molar-refractivity contribution in [2.75, 3.05) is 44.6 Å². The molecule has 1 saturated heterocycles. The number of carbonyl (C=O) groups excluding carboxylic acids is 1. The van der Waals surface area contributed by atoms with Crippen molar-refractivity contribution < 1.29 is 24.2 Å². The Hall–Kier alpha value is -3.88. The number of aliphatic carboxylic acids is 1. The van der Waals surface area contributed by atoms with Gasteiger partial charge in [0.1, 0.15) is 17.2 Å². The molecule has 1 aliphatic rings. The van der Waals surface area contributed by atoms with E-state index in [2.05, 4.69) is 15.1 Å². The van der Waals surface area contributed by atoms with Gasteiger partial charge in [0.05, 0.1) is 6.54 Å². The number of carboxylic acids is 1. The Morgan fingerprint density at radius 3 is 2.28 bits per heavy atom. The van der Waals surface area contributed by atoms with Crippen molar-refractivity contribution in [3.63, 3.8) is 0 Å². The van der Waals surface area contributed by atoms with Gasteiger partial charge in [0.25, 0.3) is 0 Å². The number of para-hydroxylation sites is 1. The molecule has 3 aromatic rings. The summed E-state index contributed by atoms with van der Waals surface area (Å²) in [4.78, 5) is 27.9. The third kappa shape index (κ3) is 8.11. The molecular formula is C28H31N3O5. The van der Waals surface area contributed by atoms with Crippen LogP contribution in [-0.2, 0) is 16.1 Å². The SMILES string of the molecule is O=C(O)COc1cccc(CN2CCCN(CC(=O)Nc3ccc(Oc4ccccc4)cc3)CC2)c1. The highest BCUT2D eigenvalue weighted by molar-refractivity contribution is 5.92. The first-order valence-electron chi connectivity index (χ1n) is 12.0. The summed E-state index contributed by atoms with van der Waals surface area (Å²) in [6, 6.07) is 24.5. The molecule has 0 saturated carbocycles. The van der Waals surface area contributed by atoms with E-state index in [9.17, 15) is 9.59 Å². The summed E-state index contributed by atoms with van der Waals surface area (Å²) < 4.78 is 11.1. The number of ether oxygens (including phenoxy) is 2. The summed E-state index contributed by atoms with van der Waals surface area (Å²) in [5.41, 5.74) is 1.81. The molecule has 4 rings (SSSR count). The van der Waals surface area contributed by atoms with Crippen molar-refractivity contribution in [1.29, 1.82) is 0 Å². The Morgan fingerprint density at radius 2 is 1.50 bits per heavy atom. The summed E-state index contributed by atoms with van der Waals surface area (Å²) in [6.45, 7) is 4.17. The fourth-order valence-corrected chi connectivity index (χ4v) is 4.11. The lowest BCUT2D eigenvalue weighted by Gasteiger charge is -2.21. The van der Waals surface area contributed by atoms with Gasteiger partial charge in [0, 0.05) is 25.3 Å². The van der Waals surface area contributed by atoms with Crippen LogP contribution in [0.1, 0.15) is 12.0 Å². The Labute approximate surface area is 211 Å². The lowest BCUT2D eigenvalue weighted by molar-refractivity contribution is -0.139. The normalized spacial score (nSPS) is 14.6. The maximum Gasteiger partial charge on any atom is 0.341 e. The zero-order valence-corrected chi connectivity index (χ0v) is 20.1. The first-order valence-corrected chi connectivity index (χ1v) is 12.0. The van der Waals surface area contributed by atoms with Crippen molar-refractivity contribution in [2.45, 2.75) is 13.0 Å². The van der Waals surface area contributed by atoms with Gasteiger partial charge < -0.3 is 19.9 Å². The molecule has 8 heteroatoms. The third-order valence-electron chi connectivity index (χ3n) is 5.83. The summed E-state index contributed by atoms with van der Waals surface area (Å²) in [7, 11) is 0. The zero-order valence-electron chi connectivity index (χ0n) is 20.1. The number of amides is 1. The number of rotatable bonds is 10. The van der Waals surface area contributed by atoms with Crippen LogP contribution in [0.3, 0.4) is 0 Å². The largest absolute Gasteiger partial charge is 0.482 e. The first kappa shape index (κ1) is 25.2. The molecule has 188 valence electrons. The summed E-state index contributed by atoms with van der Waals surface area (Å²) in [5, 5.41) is 11.8. The molecule has 0 radical (unpaired) electrons. The second-order valence-electron chi connectivity index (χ2n) is 8.72. The van der Waals surface area contributed by atoms with Crippen LogP contribution in [-0.4, -0.2) is 66.1 Å². The standard InChI is InChI=1S/C28H31N3O5/c32-27(29-23-10-12-25(13-11-23)36-24-7-2-1-3-8-24)20-31-15-5-14-30(16-17-31)19-22-6-4-9-26(18-22)35-21-28(33)34/h1-4,6-13,18H,5,14-17,19-21H2,(H,29,32)(H,33,34). The van der Waals surface area contributed by atoms with E-state index in [1.165, 1.54) is 0 Å². The van der Waals surface area contributed by atoms with Gasteiger partial charge in [-0.15, -0.1) is 0 Å². The summed E-state index contributed by atoms with van der Waals surface area (Å²) in [5.74, 6) is 1.01. The fraction of sp³-hybridized carbons (Fsp3) is 0.286. The van der Waals surface area contributed by atoms with Crippen LogP contribution in [0, 0.1) is 0 Å². The van der Waals surface area contributed by atoms with Crippen LogP contribution in [0.5, 0.6) is 17.2 Å². The Balaban J connectivity index is 1.22. The second-order valence-corrected chi connectivity index (χ2v) is 8.72. The molecule has 0 bridgehead atoms. The molecule has 0 spiro atoms. The maximum atomic E-state index is 12.6. The highest BCUT2D eigenvalue weighted by atomic mass is 16.5. The van der Waals surface area contributed by atoms with Crippen LogP contribution < -0.4 is 14.8 Å². The van der Waals surface area contributed by atoms with Crippen LogP contribution in [0.25, 0.3) is 0 Å². The lowest BCUT2D eigenvalue weighted by atomic mass is 10.2. The van der Waals surface area contributed by atoms with Crippen molar-refractivity contribution in [1.82, 2.24) is 9.80 Å². The van der Waals surface area contributed by atoms with Crippen molar-refractivity contribution >= 4 is 17.6 Å². The van der Waals surface area contributed by atoms with Crippen molar-refractivity contribution in [2.24, 2.45) is 0 Å². The van der Waals surface area contributed by atoms with Gasteiger partial charge in [-0.1, -0.05) is 30.3 Å². The van der Waals surface area contributed by atoms with Gasteiger partial charge >= 0.3 is 5.97 Å². The molecule has 8 nitrogen and oxygen atoms in total. The summed E-state index contributed by atoms with van der Waals surface area (Å²) >= 11 is 0. The Kier molecular flexibility index (Phi) is 8.91. The molecular weight excluding hydrogens is 458 g/mol. The van der Waals surface area contributed by atoms with E-state index in [4.69, 9.17) is 14.6 Å².